The quantitative estimate of drug-likeness (QED) is 0.317. The van der Waals surface area contributed by atoms with Crippen molar-refractivity contribution in [2.75, 3.05) is 11.9 Å². The zero-order valence-electron chi connectivity index (χ0n) is 22.7. The van der Waals surface area contributed by atoms with Crippen molar-refractivity contribution in [3.63, 3.8) is 0 Å². The molecule has 0 aromatic heterocycles. The van der Waals surface area contributed by atoms with E-state index < -0.39 is 35.3 Å². The minimum Gasteiger partial charge on any atom is -0.478 e. The molecule has 2 N–H and O–H groups in total. The number of carbonyl (C=O) groups is 3. The number of hydrogen-bond donors (Lipinski definition) is 2. The van der Waals surface area contributed by atoms with Crippen LogP contribution in [0.3, 0.4) is 0 Å². The van der Waals surface area contributed by atoms with E-state index in [2.05, 4.69) is 5.32 Å². The summed E-state index contributed by atoms with van der Waals surface area (Å²) < 4.78 is 21.5. The lowest BCUT2D eigenvalue weighted by molar-refractivity contribution is -0.123. The molecule has 2 heterocycles. The van der Waals surface area contributed by atoms with Crippen molar-refractivity contribution in [1.82, 2.24) is 4.90 Å². The first-order valence-electron chi connectivity index (χ1n) is 13.1. The molecule has 41 heavy (non-hydrogen) atoms. The van der Waals surface area contributed by atoms with Crippen molar-refractivity contribution in [2.45, 2.75) is 45.3 Å². The van der Waals surface area contributed by atoms with Gasteiger partial charge in [-0.2, -0.15) is 0 Å². The number of carbonyl (C=O) groups excluding carboxylic acids is 2. The van der Waals surface area contributed by atoms with Gasteiger partial charge in [0, 0.05) is 22.8 Å². The molecule has 2 aliphatic rings. The van der Waals surface area contributed by atoms with E-state index in [-0.39, 0.29) is 40.6 Å². The molecule has 3 atom stereocenters. The highest BCUT2D eigenvalue weighted by Crippen LogP contribution is 2.60. The average molecular weight is 599 g/mol. The number of hydrogen-bond acceptors (Lipinski definition) is 4. The van der Waals surface area contributed by atoms with Crippen molar-refractivity contribution >= 4 is 46.9 Å². The van der Waals surface area contributed by atoms with Crippen LogP contribution in [-0.4, -0.2) is 34.5 Å². The Balaban J connectivity index is 1.62. The van der Waals surface area contributed by atoms with Gasteiger partial charge in [-0.15, -0.1) is 0 Å². The molecule has 10 heteroatoms. The van der Waals surface area contributed by atoms with Crippen LogP contribution in [0.1, 0.15) is 60.3 Å². The summed E-state index contributed by atoms with van der Waals surface area (Å²) in [7, 11) is 0. The van der Waals surface area contributed by atoms with Gasteiger partial charge in [0.2, 0.25) is 5.91 Å². The van der Waals surface area contributed by atoms with Crippen molar-refractivity contribution in [2.24, 2.45) is 11.3 Å². The highest BCUT2D eigenvalue weighted by atomic mass is 35.5. The van der Waals surface area contributed by atoms with Crippen molar-refractivity contribution < 1.29 is 28.6 Å². The van der Waals surface area contributed by atoms with E-state index in [1.807, 2.05) is 20.8 Å². The van der Waals surface area contributed by atoms with Gasteiger partial charge in [-0.05, 0) is 59.2 Å². The fourth-order valence-electron chi connectivity index (χ4n) is 6.22. The predicted molar refractivity (Wildman–Crippen MR) is 154 cm³/mol. The summed E-state index contributed by atoms with van der Waals surface area (Å²) in [6.07, 6.45) is -0.190. The SMILES string of the molecule is CC(C)(C)C[C@@H]1CN(C(=O)OCc2ccc(C(=O)O)cc2)[C@H](c2cccc(Cl)c2F)[C@]12C(=O)Nc1cc(Cl)ccc12. The summed E-state index contributed by atoms with van der Waals surface area (Å²) in [6, 6.07) is 14.5. The Morgan fingerprint density at radius 1 is 1.12 bits per heavy atom. The first-order chi connectivity index (χ1) is 19.3. The van der Waals surface area contributed by atoms with E-state index in [1.54, 1.807) is 42.5 Å². The fourth-order valence-corrected chi connectivity index (χ4v) is 6.58. The van der Waals surface area contributed by atoms with Gasteiger partial charge >= 0.3 is 12.1 Å². The fraction of sp³-hybridized carbons (Fsp3) is 0.323. The number of benzene rings is 3. The minimum atomic E-state index is -1.35. The second kappa shape index (κ2) is 10.7. The van der Waals surface area contributed by atoms with E-state index in [0.717, 1.165) is 0 Å². The predicted octanol–water partition coefficient (Wildman–Crippen LogP) is 7.47. The van der Waals surface area contributed by atoms with Crippen LogP contribution < -0.4 is 5.32 Å². The molecule has 2 aliphatic heterocycles. The first-order valence-corrected chi connectivity index (χ1v) is 13.9. The van der Waals surface area contributed by atoms with Gasteiger partial charge in [-0.1, -0.05) is 74.3 Å². The number of rotatable bonds is 5. The topological polar surface area (TPSA) is 95.9 Å². The Morgan fingerprint density at radius 2 is 1.83 bits per heavy atom. The number of fused-ring (bicyclic) bond motifs is 2. The molecule has 0 unspecified atom stereocenters. The first kappa shape index (κ1) is 28.9. The van der Waals surface area contributed by atoms with Crippen LogP contribution in [0.25, 0.3) is 0 Å². The van der Waals surface area contributed by atoms with Crippen molar-refractivity contribution in [1.29, 1.82) is 0 Å². The van der Waals surface area contributed by atoms with E-state index >= 15 is 4.39 Å². The van der Waals surface area contributed by atoms with Crippen LogP contribution in [-0.2, 0) is 21.6 Å². The maximum atomic E-state index is 15.8. The molecule has 2 amide bonds. The summed E-state index contributed by atoms with van der Waals surface area (Å²) in [5, 5.41) is 12.4. The Kier molecular flexibility index (Phi) is 7.51. The number of nitrogens with zero attached hydrogens (tertiary/aromatic N) is 1. The number of ether oxygens (including phenoxy) is 1. The molecule has 1 fully saturated rings. The van der Waals surface area contributed by atoms with Gasteiger partial charge < -0.3 is 15.2 Å². The highest BCUT2D eigenvalue weighted by molar-refractivity contribution is 6.31. The molecule has 3 aromatic carbocycles. The molecule has 1 spiro atoms. The number of carboxylic acid groups (broad SMARTS) is 1. The van der Waals surface area contributed by atoms with E-state index in [0.29, 0.717) is 28.3 Å². The van der Waals surface area contributed by atoms with Gasteiger partial charge in [0.15, 0.2) is 0 Å². The number of nitrogens with one attached hydrogen (secondary N) is 1. The monoisotopic (exact) mass is 598 g/mol. The largest absolute Gasteiger partial charge is 0.478 e. The molecular weight excluding hydrogens is 570 g/mol. The summed E-state index contributed by atoms with van der Waals surface area (Å²) in [6.45, 7) is 6.13. The third-order valence-corrected chi connectivity index (χ3v) is 8.31. The van der Waals surface area contributed by atoms with E-state index in [1.165, 1.54) is 23.1 Å². The molecule has 7 nitrogen and oxygen atoms in total. The lowest BCUT2D eigenvalue weighted by Gasteiger charge is -2.38. The summed E-state index contributed by atoms with van der Waals surface area (Å²) >= 11 is 12.5. The molecule has 3 aromatic rings. The van der Waals surface area contributed by atoms with Crippen LogP contribution in [0.4, 0.5) is 14.9 Å². The van der Waals surface area contributed by atoms with Crippen LogP contribution in [0, 0.1) is 17.2 Å². The standard InChI is InChI=1S/C31H29Cl2FN2O5/c1-30(2,3)14-19-15-36(29(40)41-16-17-7-9-18(10-8-17)27(37)38)26(21-5-4-6-23(33)25(21)34)31(19)22-12-11-20(32)13-24(22)35-28(31)39/h4-13,19,26H,14-16H2,1-3H3,(H,35,39)(H,37,38)/t19-,26-,31+/m1/s1. The third-order valence-electron chi connectivity index (χ3n) is 7.79. The Labute approximate surface area is 247 Å². The zero-order valence-corrected chi connectivity index (χ0v) is 24.2. The molecule has 5 rings (SSSR count). The molecule has 0 aliphatic carbocycles. The number of carboxylic acids is 1. The van der Waals surface area contributed by atoms with E-state index in [9.17, 15) is 14.4 Å². The van der Waals surface area contributed by atoms with Gasteiger partial charge in [-0.25, -0.2) is 14.0 Å². The second-order valence-electron chi connectivity index (χ2n) is 11.7. The Morgan fingerprint density at radius 3 is 2.49 bits per heavy atom. The van der Waals surface area contributed by atoms with Gasteiger partial charge in [0.1, 0.15) is 17.8 Å². The maximum absolute atomic E-state index is 15.8. The summed E-state index contributed by atoms with van der Waals surface area (Å²) in [5.41, 5.74) is 0.348. The van der Waals surface area contributed by atoms with Crippen LogP contribution in [0.5, 0.6) is 0 Å². The number of amides is 2. The van der Waals surface area contributed by atoms with Crippen LogP contribution in [0.2, 0.25) is 10.0 Å². The normalized spacial score (nSPS) is 21.6. The Hall–Kier alpha value is -3.62. The maximum Gasteiger partial charge on any atom is 0.410 e. The average Bonchev–Trinajstić information content (AvgIpc) is 3.38. The number of aromatic carboxylic acids is 1. The molecular formula is C31H29Cl2FN2O5. The van der Waals surface area contributed by atoms with Gasteiger partial charge in [0.25, 0.3) is 0 Å². The third kappa shape index (κ3) is 5.15. The van der Waals surface area contributed by atoms with Crippen molar-refractivity contribution in [3.05, 3.63) is 98.8 Å². The number of halogens is 3. The lowest BCUT2D eigenvalue weighted by atomic mass is 9.63. The molecule has 0 radical (unpaired) electrons. The smallest absolute Gasteiger partial charge is 0.410 e. The van der Waals surface area contributed by atoms with Crippen LogP contribution in [0.15, 0.2) is 60.7 Å². The van der Waals surface area contributed by atoms with Gasteiger partial charge in [0.05, 0.1) is 16.6 Å². The molecule has 0 bridgehead atoms. The second-order valence-corrected chi connectivity index (χ2v) is 12.6. The van der Waals surface area contributed by atoms with Crippen LogP contribution >= 0.6 is 23.2 Å². The molecule has 0 saturated carbocycles. The van der Waals surface area contributed by atoms with E-state index in [4.69, 9.17) is 33.0 Å². The van der Waals surface area contributed by atoms with Crippen molar-refractivity contribution in [3.8, 4) is 0 Å². The minimum absolute atomic E-state index is 0.106. The molecule has 214 valence electrons. The summed E-state index contributed by atoms with van der Waals surface area (Å²) in [4.78, 5) is 40.5. The molecule has 1 saturated heterocycles. The number of anilines is 1. The number of likely N-dealkylation sites (tertiary alicyclic amines) is 1. The Bertz CT molecular complexity index is 1540. The highest BCUT2D eigenvalue weighted by Gasteiger charge is 2.65. The summed E-state index contributed by atoms with van der Waals surface area (Å²) in [5.74, 6) is -2.54. The zero-order chi connectivity index (χ0) is 29.7. The lowest BCUT2D eigenvalue weighted by Crippen LogP contribution is -2.46. The van der Waals surface area contributed by atoms with Gasteiger partial charge in [-0.3, -0.25) is 9.69 Å².